The van der Waals surface area contributed by atoms with Gasteiger partial charge >= 0.3 is 0 Å². The van der Waals surface area contributed by atoms with Crippen LogP contribution in [0.25, 0.3) is 0 Å². The second-order valence-corrected chi connectivity index (χ2v) is 7.08. The Morgan fingerprint density at radius 2 is 1.22 bits per heavy atom. The number of nitrogens with one attached hydrogen (secondary N) is 2. The molecule has 1 aliphatic rings. The third-order valence-corrected chi connectivity index (χ3v) is 5.21. The molecular weight excluding hydrogens is 343 g/mol. The van der Waals surface area contributed by atoms with Gasteiger partial charge in [-0.05, 0) is 74.1 Å². The summed E-state index contributed by atoms with van der Waals surface area (Å²) in [6.07, 6.45) is 3.72. The van der Waals surface area contributed by atoms with Gasteiger partial charge in [-0.2, -0.15) is 0 Å². The van der Waals surface area contributed by atoms with Gasteiger partial charge in [-0.25, -0.2) is 4.39 Å². The zero-order valence-electron chi connectivity index (χ0n) is 15.5. The molecule has 0 aliphatic heterocycles. The van der Waals surface area contributed by atoms with Gasteiger partial charge < -0.3 is 10.6 Å². The van der Waals surface area contributed by atoms with Crippen molar-refractivity contribution in [1.29, 1.82) is 0 Å². The minimum atomic E-state index is -0.330. The summed E-state index contributed by atoms with van der Waals surface area (Å²) in [5.41, 5.74) is 2.64. The number of amides is 2. The summed E-state index contributed by atoms with van der Waals surface area (Å²) in [6.45, 7) is 2.10. The van der Waals surface area contributed by atoms with Crippen LogP contribution in [0.15, 0.2) is 48.5 Å². The van der Waals surface area contributed by atoms with E-state index in [1.807, 2.05) is 24.3 Å². The molecular formula is C22H25FN2O2. The van der Waals surface area contributed by atoms with Gasteiger partial charge in [0, 0.05) is 23.2 Å². The lowest BCUT2D eigenvalue weighted by atomic mass is 9.81. The first-order valence-electron chi connectivity index (χ1n) is 9.51. The minimum Gasteiger partial charge on any atom is -0.326 e. The van der Waals surface area contributed by atoms with Crippen LogP contribution in [0.5, 0.6) is 0 Å². The van der Waals surface area contributed by atoms with Crippen molar-refractivity contribution in [3.8, 4) is 0 Å². The number of rotatable bonds is 5. The number of hydrogen-bond donors (Lipinski definition) is 2. The lowest BCUT2D eigenvalue weighted by molar-refractivity contribution is -0.125. The zero-order valence-corrected chi connectivity index (χ0v) is 15.5. The fourth-order valence-corrected chi connectivity index (χ4v) is 3.46. The van der Waals surface area contributed by atoms with Crippen molar-refractivity contribution in [3.05, 3.63) is 59.9 Å². The fourth-order valence-electron chi connectivity index (χ4n) is 3.46. The van der Waals surface area contributed by atoms with Crippen molar-refractivity contribution in [2.75, 3.05) is 10.6 Å². The molecule has 142 valence electrons. The molecule has 0 saturated heterocycles. The van der Waals surface area contributed by atoms with Crippen LogP contribution < -0.4 is 10.6 Å². The molecule has 3 rings (SSSR count). The first-order valence-corrected chi connectivity index (χ1v) is 9.51. The molecule has 2 amide bonds. The van der Waals surface area contributed by atoms with E-state index in [2.05, 4.69) is 17.6 Å². The highest BCUT2D eigenvalue weighted by Crippen LogP contribution is 2.30. The maximum absolute atomic E-state index is 12.9. The third kappa shape index (κ3) is 5.16. The van der Waals surface area contributed by atoms with E-state index in [0.29, 0.717) is 31.4 Å². The Morgan fingerprint density at radius 3 is 1.63 bits per heavy atom. The second kappa shape index (κ2) is 8.80. The number of carbonyl (C=O) groups is 2. The number of halogens is 1. The van der Waals surface area contributed by atoms with Gasteiger partial charge in [-0.15, -0.1) is 0 Å². The summed E-state index contributed by atoms with van der Waals surface area (Å²) in [5.74, 6) is -0.537. The van der Waals surface area contributed by atoms with Crippen molar-refractivity contribution >= 4 is 23.2 Å². The summed E-state index contributed by atoms with van der Waals surface area (Å²) in [4.78, 5) is 24.8. The number of benzene rings is 2. The van der Waals surface area contributed by atoms with E-state index in [9.17, 15) is 14.0 Å². The van der Waals surface area contributed by atoms with Gasteiger partial charge in [0.2, 0.25) is 11.8 Å². The van der Waals surface area contributed by atoms with E-state index >= 15 is 0 Å². The molecule has 1 aliphatic carbocycles. The molecule has 0 radical (unpaired) electrons. The lowest BCUT2D eigenvalue weighted by Crippen LogP contribution is -2.32. The van der Waals surface area contributed by atoms with Gasteiger partial charge in [0.05, 0.1) is 0 Å². The molecule has 27 heavy (non-hydrogen) atoms. The molecule has 0 atom stereocenters. The molecule has 1 fully saturated rings. The summed E-state index contributed by atoms with van der Waals surface area (Å²) in [6, 6.07) is 13.6. The van der Waals surface area contributed by atoms with Crippen LogP contribution >= 0.6 is 0 Å². The van der Waals surface area contributed by atoms with Gasteiger partial charge in [-0.3, -0.25) is 9.59 Å². The van der Waals surface area contributed by atoms with Crippen molar-refractivity contribution in [2.24, 2.45) is 11.8 Å². The molecule has 0 bridgehead atoms. The zero-order chi connectivity index (χ0) is 19.2. The Morgan fingerprint density at radius 1 is 0.815 bits per heavy atom. The van der Waals surface area contributed by atoms with Crippen molar-refractivity contribution in [1.82, 2.24) is 0 Å². The van der Waals surface area contributed by atoms with E-state index in [1.165, 1.54) is 17.7 Å². The largest absolute Gasteiger partial charge is 0.326 e. The molecule has 0 heterocycles. The normalized spacial score (nSPS) is 19.3. The quantitative estimate of drug-likeness (QED) is 0.798. The van der Waals surface area contributed by atoms with Crippen LogP contribution in [-0.2, 0) is 16.0 Å². The van der Waals surface area contributed by atoms with Crippen LogP contribution in [0.1, 0.15) is 38.2 Å². The number of hydrogen-bond acceptors (Lipinski definition) is 2. The smallest absolute Gasteiger partial charge is 0.227 e. The molecule has 2 N–H and O–H groups in total. The van der Waals surface area contributed by atoms with Gasteiger partial charge in [0.1, 0.15) is 5.82 Å². The number of aryl methyl sites for hydroxylation is 1. The van der Waals surface area contributed by atoms with Crippen LogP contribution in [0.4, 0.5) is 15.8 Å². The summed E-state index contributed by atoms with van der Waals surface area (Å²) in [5, 5.41) is 5.80. The summed E-state index contributed by atoms with van der Waals surface area (Å²) < 4.78 is 12.9. The molecule has 1 saturated carbocycles. The van der Waals surface area contributed by atoms with E-state index in [4.69, 9.17) is 0 Å². The van der Waals surface area contributed by atoms with E-state index < -0.39 is 0 Å². The van der Waals surface area contributed by atoms with Crippen LogP contribution in [0, 0.1) is 17.7 Å². The van der Waals surface area contributed by atoms with Crippen LogP contribution in [-0.4, -0.2) is 11.8 Å². The Bertz CT molecular complexity index is 779. The highest BCUT2D eigenvalue weighted by molar-refractivity contribution is 5.94. The molecule has 2 aromatic carbocycles. The highest BCUT2D eigenvalue weighted by atomic mass is 19.1. The molecule has 4 nitrogen and oxygen atoms in total. The maximum atomic E-state index is 12.9. The molecule has 2 aromatic rings. The number of anilines is 2. The maximum Gasteiger partial charge on any atom is 0.227 e. The second-order valence-electron chi connectivity index (χ2n) is 7.08. The number of carbonyl (C=O) groups excluding carboxylic acids is 2. The van der Waals surface area contributed by atoms with Crippen molar-refractivity contribution in [3.63, 3.8) is 0 Å². The molecule has 0 aromatic heterocycles. The Kier molecular flexibility index (Phi) is 6.22. The van der Waals surface area contributed by atoms with E-state index in [1.54, 1.807) is 12.1 Å². The predicted octanol–water partition coefficient (Wildman–Crippen LogP) is 4.77. The third-order valence-electron chi connectivity index (χ3n) is 5.21. The van der Waals surface area contributed by atoms with Gasteiger partial charge in [0.15, 0.2) is 0 Å². The monoisotopic (exact) mass is 368 g/mol. The summed E-state index contributed by atoms with van der Waals surface area (Å²) in [7, 11) is 0. The van der Waals surface area contributed by atoms with Gasteiger partial charge in [0.25, 0.3) is 0 Å². The van der Waals surface area contributed by atoms with Gasteiger partial charge in [-0.1, -0.05) is 19.1 Å². The Labute approximate surface area is 159 Å². The predicted molar refractivity (Wildman–Crippen MR) is 105 cm³/mol. The van der Waals surface area contributed by atoms with Crippen LogP contribution in [0.3, 0.4) is 0 Å². The highest BCUT2D eigenvalue weighted by Gasteiger charge is 2.30. The average molecular weight is 368 g/mol. The van der Waals surface area contributed by atoms with Crippen LogP contribution in [0.2, 0.25) is 0 Å². The summed E-state index contributed by atoms with van der Waals surface area (Å²) >= 11 is 0. The lowest BCUT2D eigenvalue weighted by Gasteiger charge is -2.27. The Hall–Kier alpha value is -2.69. The average Bonchev–Trinajstić information content (AvgIpc) is 2.70. The van der Waals surface area contributed by atoms with E-state index in [-0.39, 0.29) is 29.5 Å². The fraction of sp³-hybridized carbons (Fsp3) is 0.364. The minimum absolute atomic E-state index is 0.0247. The molecule has 0 spiro atoms. The first-order chi connectivity index (χ1) is 13.0. The topological polar surface area (TPSA) is 58.2 Å². The Balaban J connectivity index is 1.47. The van der Waals surface area contributed by atoms with Crippen molar-refractivity contribution in [2.45, 2.75) is 39.0 Å². The van der Waals surface area contributed by atoms with E-state index in [0.717, 1.165) is 12.1 Å². The molecule has 0 unspecified atom stereocenters. The SMILES string of the molecule is CCc1ccc(NC(=O)C2CCC(C(=O)Nc3ccc(F)cc3)CC2)cc1. The molecule has 5 heteroatoms. The van der Waals surface area contributed by atoms with Crippen molar-refractivity contribution < 1.29 is 14.0 Å². The standard InChI is InChI=1S/C22H25FN2O2/c1-2-15-3-11-19(12-4-15)24-21(26)16-5-7-17(8-6-16)22(27)25-20-13-9-18(23)10-14-20/h3-4,9-14,16-17H,2,5-8H2,1H3,(H,24,26)(H,25,27). The first kappa shape index (κ1) is 19.1.